The van der Waals surface area contributed by atoms with Gasteiger partial charge in [-0.3, -0.25) is 4.79 Å². The van der Waals surface area contributed by atoms with E-state index in [4.69, 9.17) is 0 Å². The number of benzene rings is 1. The number of rotatable bonds is 5. The summed E-state index contributed by atoms with van der Waals surface area (Å²) in [6.07, 6.45) is 4.50. The second kappa shape index (κ2) is 5.28. The molecule has 6 unspecified atom stereocenters. The maximum Gasteiger partial charge on any atom is 0.299 e. The SMILES string of the molecule is C=C(C(F)(F)C(O)c1ccc(C(C)=O)cc1)C12CC3CCC4(C3)CC(C1)C42. The third kappa shape index (κ3) is 2.11. The third-order valence-corrected chi connectivity index (χ3v) is 8.40. The van der Waals surface area contributed by atoms with E-state index in [2.05, 4.69) is 6.58 Å². The van der Waals surface area contributed by atoms with Gasteiger partial charge in [-0.25, -0.2) is 0 Å². The summed E-state index contributed by atoms with van der Waals surface area (Å²) in [5, 5.41) is 10.5. The third-order valence-electron chi connectivity index (χ3n) is 8.40. The first-order chi connectivity index (χ1) is 12.7. The minimum atomic E-state index is -3.36. The Kier molecular flexibility index (Phi) is 3.43. The average Bonchev–Trinajstić information content (AvgIpc) is 3.01. The number of carbonyl (C=O) groups is 1. The van der Waals surface area contributed by atoms with Crippen LogP contribution >= 0.6 is 0 Å². The summed E-state index contributed by atoms with van der Waals surface area (Å²) in [6, 6.07) is 5.86. The standard InChI is InChI=1S/C23H26F2O2/c1-13(26)16-3-5-17(6-4-16)20(27)23(24,25)14(2)22-10-15-7-8-21(9-15)11-18(12-22)19(21)22/h3-6,15,18-20,27H,2,7-12H2,1H3. The Morgan fingerprint density at radius 3 is 2.56 bits per heavy atom. The minimum absolute atomic E-state index is 0.0462. The maximum absolute atomic E-state index is 15.4. The molecule has 4 fully saturated rings. The Labute approximate surface area is 158 Å². The van der Waals surface area contributed by atoms with Crippen molar-refractivity contribution in [3.05, 3.63) is 47.5 Å². The van der Waals surface area contributed by atoms with Crippen molar-refractivity contribution in [2.24, 2.45) is 28.6 Å². The first-order valence-corrected chi connectivity index (χ1v) is 10.1. The van der Waals surface area contributed by atoms with Crippen LogP contribution in [0.4, 0.5) is 8.78 Å². The van der Waals surface area contributed by atoms with E-state index in [1.807, 2.05) is 0 Å². The highest BCUT2D eigenvalue weighted by atomic mass is 19.3. The predicted molar refractivity (Wildman–Crippen MR) is 98.5 cm³/mol. The molecule has 0 heterocycles. The highest BCUT2D eigenvalue weighted by molar-refractivity contribution is 5.94. The molecule has 0 amide bonds. The summed E-state index contributed by atoms with van der Waals surface area (Å²) in [4.78, 5) is 11.4. The summed E-state index contributed by atoms with van der Waals surface area (Å²) in [5.74, 6) is -2.00. The van der Waals surface area contributed by atoms with Gasteiger partial charge in [0.05, 0.1) is 0 Å². The summed E-state index contributed by atoms with van der Waals surface area (Å²) < 4.78 is 30.8. The number of hydrogen-bond donors (Lipinski definition) is 1. The molecule has 2 nitrogen and oxygen atoms in total. The quantitative estimate of drug-likeness (QED) is 0.560. The Morgan fingerprint density at radius 1 is 1.22 bits per heavy atom. The zero-order chi connectivity index (χ0) is 19.2. The summed E-state index contributed by atoms with van der Waals surface area (Å²) in [7, 11) is 0. The van der Waals surface area contributed by atoms with Gasteiger partial charge in [0.25, 0.3) is 5.92 Å². The second-order valence-electron chi connectivity index (χ2n) is 9.66. The van der Waals surface area contributed by atoms with Gasteiger partial charge < -0.3 is 5.11 Å². The number of carbonyl (C=O) groups excluding carboxylic acids is 1. The van der Waals surface area contributed by atoms with Crippen molar-refractivity contribution in [2.75, 3.05) is 0 Å². The van der Waals surface area contributed by atoms with Crippen LogP contribution in [0.2, 0.25) is 0 Å². The first-order valence-electron chi connectivity index (χ1n) is 10.1. The number of alkyl halides is 2. The number of Topliss-reactive ketones (excluding diaryl/α,β-unsaturated/α-hetero) is 1. The largest absolute Gasteiger partial charge is 0.382 e. The van der Waals surface area contributed by atoms with Gasteiger partial charge in [0.15, 0.2) is 5.78 Å². The van der Waals surface area contributed by atoms with Crippen LogP contribution in [0, 0.1) is 28.6 Å². The van der Waals surface area contributed by atoms with Crippen molar-refractivity contribution in [1.29, 1.82) is 0 Å². The molecule has 1 N–H and O–H groups in total. The van der Waals surface area contributed by atoms with E-state index in [0.717, 1.165) is 12.8 Å². The molecule has 4 heteroatoms. The number of hydrogen-bond acceptors (Lipinski definition) is 2. The molecule has 4 aliphatic carbocycles. The van der Waals surface area contributed by atoms with Gasteiger partial charge in [0.2, 0.25) is 0 Å². The van der Waals surface area contributed by atoms with Crippen molar-refractivity contribution < 1.29 is 18.7 Å². The van der Waals surface area contributed by atoms with E-state index >= 15 is 8.78 Å². The van der Waals surface area contributed by atoms with Crippen LogP contribution in [0.5, 0.6) is 0 Å². The lowest BCUT2D eigenvalue weighted by molar-refractivity contribution is -0.245. The monoisotopic (exact) mass is 372 g/mol. The van der Waals surface area contributed by atoms with Gasteiger partial charge in [-0.1, -0.05) is 30.8 Å². The minimum Gasteiger partial charge on any atom is -0.382 e. The zero-order valence-electron chi connectivity index (χ0n) is 15.7. The molecule has 0 radical (unpaired) electrons. The fourth-order valence-electron chi connectivity index (χ4n) is 7.45. The molecule has 6 atom stereocenters. The topological polar surface area (TPSA) is 37.3 Å². The molecule has 144 valence electrons. The fraction of sp³-hybridized carbons (Fsp3) is 0.609. The highest BCUT2D eigenvalue weighted by Gasteiger charge is 2.76. The van der Waals surface area contributed by atoms with Crippen LogP contribution in [-0.4, -0.2) is 16.8 Å². The average molecular weight is 372 g/mol. The molecule has 1 aromatic rings. The number of aliphatic hydroxyl groups excluding tert-OH is 1. The molecule has 27 heavy (non-hydrogen) atoms. The highest BCUT2D eigenvalue weighted by Crippen LogP contribution is 2.83. The fourth-order valence-corrected chi connectivity index (χ4v) is 7.45. The lowest BCUT2D eigenvalue weighted by Gasteiger charge is -2.74. The van der Waals surface area contributed by atoms with E-state index < -0.39 is 17.4 Å². The van der Waals surface area contributed by atoms with E-state index in [0.29, 0.717) is 28.7 Å². The van der Waals surface area contributed by atoms with E-state index in [1.54, 1.807) is 0 Å². The normalized spacial score (nSPS) is 39.8. The van der Waals surface area contributed by atoms with Crippen molar-refractivity contribution in [3.63, 3.8) is 0 Å². The van der Waals surface area contributed by atoms with Crippen molar-refractivity contribution in [2.45, 2.75) is 57.5 Å². The number of aliphatic hydroxyl groups is 1. The van der Waals surface area contributed by atoms with Gasteiger partial charge in [-0.15, -0.1) is 0 Å². The van der Waals surface area contributed by atoms with Gasteiger partial charge in [-0.05, 0) is 74.2 Å². The second-order valence-corrected chi connectivity index (χ2v) is 9.66. The predicted octanol–water partition coefficient (Wildman–Crippen LogP) is 5.33. The lowest BCUT2D eigenvalue weighted by atomic mass is 9.30. The van der Waals surface area contributed by atoms with Crippen LogP contribution in [0.15, 0.2) is 36.4 Å². The first kappa shape index (κ1) is 17.5. The van der Waals surface area contributed by atoms with Crippen LogP contribution in [-0.2, 0) is 0 Å². The summed E-state index contributed by atoms with van der Waals surface area (Å²) in [5.41, 5.74) is 0.356. The smallest absolute Gasteiger partial charge is 0.299 e. The van der Waals surface area contributed by atoms with Crippen LogP contribution < -0.4 is 0 Å². The zero-order valence-corrected chi connectivity index (χ0v) is 15.7. The molecule has 0 saturated heterocycles. The molecule has 1 spiro atoms. The van der Waals surface area contributed by atoms with E-state index in [9.17, 15) is 9.90 Å². The Morgan fingerprint density at radius 2 is 1.93 bits per heavy atom. The number of fused-ring (bicyclic) bond motifs is 1. The Balaban J connectivity index is 1.43. The molecule has 4 aliphatic rings. The summed E-state index contributed by atoms with van der Waals surface area (Å²) in [6.45, 7) is 5.33. The van der Waals surface area contributed by atoms with Crippen molar-refractivity contribution in [1.82, 2.24) is 0 Å². The molecule has 0 aromatic heterocycles. The molecule has 1 aromatic carbocycles. The van der Waals surface area contributed by atoms with Crippen LogP contribution in [0.3, 0.4) is 0 Å². The van der Waals surface area contributed by atoms with Crippen LogP contribution in [0.25, 0.3) is 0 Å². The maximum atomic E-state index is 15.4. The van der Waals surface area contributed by atoms with Gasteiger partial charge in [0, 0.05) is 16.6 Å². The van der Waals surface area contributed by atoms with Gasteiger partial charge >= 0.3 is 0 Å². The van der Waals surface area contributed by atoms with E-state index in [1.165, 1.54) is 56.9 Å². The van der Waals surface area contributed by atoms with Crippen molar-refractivity contribution >= 4 is 5.78 Å². The Bertz CT molecular complexity index is 825. The Hall–Kier alpha value is -1.55. The molecule has 0 aliphatic heterocycles. The lowest BCUT2D eigenvalue weighted by Crippen LogP contribution is -2.68. The van der Waals surface area contributed by atoms with Crippen LogP contribution in [0.1, 0.15) is 67.5 Å². The molecule has 2 bridgehead atoms. The van der Waals surface area contributed by atoms with Crippen molar-refractivity contribution in [3.8, 4) is 0 Å². The summed E-state index contributed by atoms with van der Waals surface area (Å²) >= 11 is 0. The van der Waals surface area contributed by atoms with Gasteiger partial charge in [0.1, 0.15) is 6.10 Å². The molecular weight excluding hydrogens is 346 g/mol. The van der Waals surface area contributed by atoms with Gasteiger partial charge in [-0.2, -0.15) is 8.78 Å². The molecule has 4 saturated carbocycles. The van der Waals surface area contributed by atoms with E-state index in [-0.39, 0.29) is 16.9 Å². The number of ketones is 1. The molecule has 5 rings (SSSR count). The molecular formula is C23H26F2O2. The number of halogens is 2.